The number of nitrogens with zero attached hydrogens (tertiary/aromatic N) is 1. The summed E-state index contributed by atoms with van der Waals surface area (Å²) >= 11 is 1.68. The van der Waals surface area contributed by atoms with Crippen LogP contribution in [0.2, 0.25) is 0 Å². The predicted molar refractivity (Wildman–Crippen MR) is 114 cm³/mol. The molecule has 1 aromatic heterocycles. The average Bonchev–Trinajstić information content (AvgIpc) is 3.36. The van der Waals surface area contributed by atoms with Crippen LogP contribution in [0.5, 0.6) is 0 Å². The van der Waals surface area contributed by atoms with E-state index in [0.717, 1.165) is 69.3 Å². The van der Waals surface area contributed by atoms with Crippen LogP contribution in [0.1, 0.15) is 90.7 Å². The van der Waals surface area contributed by atoms with Crippen molar-refractivity contribution in [1.82, 2.24) is 10.2 Å². The third-order valence-electron chi connectivity index (χ3n) is 6.97. The Morgan fingerprint density at radius 3 is 2.36 bits per heavy atom. The van der Waals surface area contributed by atoms with E-state index >= 15 is 0 Å². The lowest BCUT2D eigenvalue weighted by molar-refractivity contribution is -0.142. The SMILES string of the molecule is O=C(NCC1(C(=O)N2CCCC2)CCCCC1)c1cc2c(s1)CCCCCC2. The third-order valence-corrected chi connectivity index (χ3v) is 8.20. The number of hydrogen-bond donors (Lipinski definition) is 1. The first-order valence-electron chi connectivity index (χ1n) is 11.4. The van der Waals surface area contributed by atoms with Crippen LogP contribution < -0.4 is 5.32 Å². The summed E-state index contributed by atoms with van der Waals surface area (Å²) in [5.41, 5.74) is 1.01. The van der Waals surface area contributed by atoms with Gasteiger partial charge in [-0.2, -0.15) is 0 Å². The average molecular weight is 403 g/mol. The first kappa shape index (κ1) is 19.9. The smallest absolute Gasteiger partial charge is 0.261 e. The first-order chi connectivity index (χ1) is 13.7. The lowest BCUT2D eigenvalue weighted by Crippen LogP contribution is -2.50. The zero-order valence-corrected chi connectivity index (χ0v) is 17.9. The number of aryl methyl sites for hydroxylation is 2. The van der Waals surface area contributed by atoms with Crippen LogP contribution in [0.25, 0.3) is 0 Å². The lowest BCUT2D eigenvalue weighted by Gasteiger charge is -2.38. The minimum atomic E-state index is -0.371. The molecular formula is C23H34N2O2S. The van der Waals surface area contributed by atoms with Gasteiger partial charge in [-0.25, -0.2) is 0 Å². The molecule has 0 atom stereocenters. The molecule has 1 saturated heterocycles. The molecular weight excluding hydrogens is 368 g/mol. The molecule has 154 valence electrons. The van der Waals surface area contributed by atoms with Crippen molar-refractivity contribution in [1.29, 1.82) is 0 Å². The minimum absolute atomic E-state index is 0.0240. The van der Waals surface area contributed by atoms with Gasteiger partial charge in [0.15, 0.2) is 0 Å². The van der Waals surface area contributed by atoms with Gasteiger partial charge < -0.3 is 10.2 Å². The van der Waals surface area contributed by atoms with Gasteiger partial charge >= 0.3 is 0 Å². The highest BCUT2D eigenvalue weighted by Gasteiger charge is 2.42. The second-order valence-electron chi connectivity index (χ2n) is 9.00. The van der Waals surface area contributed by atoms with Crippen LogP contribution in [0.4, 0.5) is 0 Å². The molecule has 4 nitrogen and oxygen atoms in total. The summed E-state index contributed by atoms with van der Waals surface area (Å²) < 4.78 is 0. The molecule has 0 spiro atoms. The maximum Gasteiger partial charge on any atom is 0.261 e. The molecule has 0 bridgehead atoms. The van der Waals surface area contributed by atoms with Crippen LogP contribution in [-0.4, -0.2) is 36.3 Å². The summed E-state index contributed by atoms with van der Waals surface area (Å²) in [5, 5.41) is 3.18. The number of likely N-dealkylation sites (tertiary alicyclic amines) is 1. The monoisotopic (exact) mass is 402 g/mol. The van der Waals surface area contributed by atoms with Gasteiger partial charge in [-0.15, -0.1) is 11.3 Å². The van der Waals surface area contributed by atoms with E-state index in [4.69, 9.17) is 0 Å². The second-order valence-corrected chi connectivity index (χ2v) is 10.1. The Kier molecular flexibility index (Phi) is 6.39. The fourth-order valence-corrected chi connectivity index (χ4v) is 6.41. The molecule has 3 aliphatic rings. The van der Waals surface area contributed by atoms with Gasteiger partial charge in [0.1, 0.15) is 0 Å². The van der Waals surface area contributed by atoms with Crippen molar-refractivity contribution in [2.45, 2.75) is 83.5 Å². The van der Waals surface area contributed by atoms with Crippen molar-refractivity contribution >= 4 is 23.2 Å². The minimum Gasteiger partial charge on any atom is -0.350 e. The summed E-state index contributed by atoms with van der Waals surface area (Å²) in [4.78, 5) is 30.5. The number of amides is 2. The molecule has 0 aromatic carbocycles. The van der Waals surface area contributed by atoms with Gasteiger partial charge in [-0.1, -0.05) is 32.1 Å². The Bertz CT molecular complexity index is 674. The van der Waals surface area contributed by atoms with Crippen molar-refractivity contribution in [3.8, 4) is 0 Å². The van der Waals surface area contributed by atoms with Gasteiger partial charge in [0.05, 0.1) is 10.3 Å². The van der Waals surface area contributed by atoms with E-state index in [9.17, 15) is 9.59 Å². The van der Waals surface area contributed by atoms with Crippen LogP contribution >= 0.6 is 11.3 Å². The standard InChI is InChI=1S/C23H34N2O2S/c26-21(20-16-18-10-4-1-2-5-11-19(18)28-20)24-17-23(12-6-3-7-13-23)22(27)25-14-8-9-15-25/h16H,1-15,17H2,(H,24,26). The fourth-order valence-electron chi connectivity index (χ4n) is 5.24. The maximum absolute atomic E-state index is 13.3. The number of thiophene rings is 1. The van der Waals surface area contributed by atoms with E-state index in [1.807, 2.05) is 4.90 Å². The van der Waals surface area contributed by atoms with Crippen LogP contribution in [-0.2, 0) is 17.6 Å². The van der Waals surface area contributed by atoms with Gasteiger partial charge in [-0.3, -0.25) is 9.59 Å². The molecule has 2 aliphatic carbocycles. The maximum atomic E-state index is 13.3. The molecule has 0 radical (unpaired) electrons. The summed E-state index contributed by atoms with van der Waals surface area (Å²) in [7, 11) is 0. The van der Waals surface area contributed by atoms with Gasteiger partial charge in [0.2, 0.25) is 5.91 Å². The van der Waals surface area contributed by atoms with Crippen molar-refractivity contribution in [2.24, 2.45) is 5.41 Å². The Balaban J connectivity index is 1.44. The van der Waals surface area contributed by atoms with E-state index in [1.54, 1.807) is 11.3 Å². The van der Waals surface area contributed by atoms with E-state index in [0.29, 0.717) is 12.5 Å². The lowest BCUT2D eigenvalue weighted by atomic mass is 9.72. The van der Waals surface area contributed by atoms with E-state index in [2.05, 4.69) is 11.4 Å². The Labute approximate surface area is 173 Å². The van der Waals surface area contributed by atoms with Crippen LogP contribution in [0.3, 0.4) is 0 Å². The predicted octanol–water partition coefficient (Wildman–Crippen LogP) is 4.71. The normalized spacial score (nSPS) is 22.2. The van der Waals surface area contributed by atoms with Crippen molar-refractivity contribution in [3.05, 3.63) is 21.4 Å². The fraction of sp³-hybridized carbons (Fsp3) is 0.739. The van der Waals surface area contributed by atoms with Gasteiger partial charge in [0, 0.05) is 24.5 Å². The molecule has 2 fully saturated rings. The Morgan fingerprint density at radius 1 is 0.929 bits per heavy atom. The Morgan fingerprint density at radius 2 is 1.61 bits per heavy atom. The quantitative estimate of drug-likeness (QED) is 0.793. The van der Waals surface area contributed by atoms with Crippen LogP contribution in [0, 0.1) is 5.41 Å². The molecule has 1 saturated carbocycles. The molecule has 4 rings (SSSR count). The zero-order valence-electron chi connectivity index (χ0n) is 17.1. The van der Waals surface area contributed by atoms with Crippen molar-refractivity contribution in [3.63, 3.8) is 0 Å². The topological polar surface area (TPSA) is 49.4 Å². The zero-order chi connectivity index (χ0) is 19.4. The third kappa shape index (κ3) is 4.29. The highest BCUT2D eigenvalue weighted by atomic mass is 32.1. The molecule has 5 heteroatoms. The first-order valence-corrected chi connectivity index (χ1v) is 12.2. The molecule has 0 unspecified atom stereocenters. The number of fused-ring (bicyclic) bond motifs is 1. The van der Waals surface area contributed by atoms with E-state index < -0.39 is 0 Å². The molecule has 2 amide bonds. The highest BCUT2D eigenvalue weighted by Crippen LogP contribution is 2.38. The molecule has 2 heterocycles. The van der Waals surface area contributed by atoms with E-state index in [-0.39, 0.29) is 11.3 Å². The number of carbonyl (C=O) groups excluding carboxylic acids is 2. The van der Waals surface area contributed by atoms with Crippen molar-refractivity contribution < 1.29 is 9.59 Å². The van der Waals surface area contributed by atoms with Crippen LogP contribution in [0.15, 0.2) is 6.07 Å². The second kappa shape index (κ2) is 8.98. The molecule has 28 heavy (non-hydrogen) atoms. The molecule has 1 N–H and O–H groups in total. The number of nitrogens with one attached hydrogen (secondary N) is 1. The number of carbonyl (C=O) groups is 2. The largest absolute Gasteiger partial charge is 0.350 e. The number of rotatable bonds is 4. The summed E-state index contributed by atoms with van der Waals surface area (Å²) in [6.07, 6.45) is 14.8. The van der Waals surface area contributed by atoms with Gasteiger partial charge in [-0.05, 0) is 63.0 Å². The summed E-state index contributed by atoms with van der Waals surface area (Å²) in [6, 6.07) is 2.12. The van der Waals surface area contributed by atoms with Crippen molar-refractivity contribution in [2.75, 3.05) is 19.6 Å². The highest BCUT2D eigenvalue weighted by molar-refractivity contribution is 7.14. The molecule has 1 aliphatic heterocycles. The summed E-state index contributed by atoms with van der Waals surface area (Å²) in [6.45, 7) is 2.29. The van der Waals surface area contributed by atoms with E-state index in [1.165, 1.54) is 42.5 Å². The number of hydrogen-bond acceptors (Lipinski definition) is 3. The Hall–Kier alpha value is -1.36. The summed E-state index contributed by atoms with van der Waals surface area (Å²) in [5.74, 6) is 0.319. The van der Waals surface area contributed by atoms with Gasteiger partial charge in [0.25, 0.3) is 5.91 Å². The molecule has 1 aromatic rings.